The number of rotatable bonds is 9. The average Bonchev–Trinajstić information content (AvgIpc) is 3.77. The maximum atomic E-state index is 14.9. The van der Waals surface area contributed by atoms with Crippen LogP contribution in [-0.2, 0) is 21.7 Å². The molecule has 0 radical (unpaired) electrons. The van der Waals surface area contributed by atoms with Crippen molar-refractivity contribution >= 4 is 44.4 Å². The summed E-state index contributed by atoms with van der Waals surface area (Å²) in [7, 11) is 2.42. The first-order chi connectivity index (χ1) is 16.4. The van der Waals surface area contributed by atoms with Gasteiger partial charge < -0.3 is 16.4 Å². The molecule has 2 aliphatic carbocycles. The molecule has 2 saturated carbocycles. The van der Waals surface area contributed by atoms with Crippen molar-refractivity contribution in [2.75, 3.05) is 0 Å². The van der Waals surface area contributed by atoms with Crippen molar-refractivity contribution in [1.29, 1.82) is 0 Å². The SMILES string of the molecule is N/C=C(\C=NC1CC1)c1cc(C2(NC(=O)c3ccccc3CNC(=O)C=O)CC2)cc(F)c1P. The summed E-state index contributed by atoms with van der Waals surface area (Å²) < 4.78 is 14.9. The summed E-state index contributed by atoms with van der Waals surface area (Å²) in [4.78, 5) is 39.5. The second-order valence-corrected chi connectivity index (χ2v) is 9.16. The zero-order valence-corrected chi connectivity index (χ0v) is 19.7. The van der Waals surface area contributed by atoms with E-state index in [2.05, 4.69) is 24.9 Å². The number of nitrogens with two attached hydrogens (primary N) is 1. The molecule has 34 heavy (non-hydrogen) atoms. The van der Waals surface area contributed by atoms with Crippen molar-refractivity contribution in [3.8, 4) is 0 Å². The first kappa shape index (κ1) is 23.8. The smallest absolute Gasteiger partial charge is 0.284 e. The van der Waals surface area contributed by atoms with E-state index in [1.165, 1.54) is 12.3 Å². The third-order valence-corrected chi connectivity index (χ3v) is 6.66. The van der Waals surface area contributed by atoms with E-state index in [1.807, 2.05) is 6.07 Å². The first-order valence-electron chi connectivity index (χ1n) is 11.1. The Labute approximate surface area is 199 Å². The Morgan fingerprint density at radius 1 is 1.21 bits per heavy atom. The molecule has 4 rings (SSSR count). The minimum atomic E-state index is -0.761. The third kappa shape index (κ3) is 5.23. The van der Waals surface area contributed by atoms with Gasteiger partial charge in [-0.2, -0.15) is 0 Å². The number of hydrogen-bond acceptors (Lipinski definition) is 5. The molecule has 2 aliphatic rings. The number of halogens is 1. The van der Waals surface area contributed by atoms with Crippen molar-refractivity contribution in [2.24, 2.45) is 10.7 Å². The predicted molar refractivity (Wildman–Crippen MR) is 132 cm³/mol. The van der Waals surface area contributed by atoms with E-state index >= 15 is 0 Å². The van der Waals surface area contributed by atoms with Crippen LogP contribution in [-0.4, -0.2) is 30.4 Å². The fourth-order valence-electron chi connectivity index (χ4n) is 3.76. The van der Waals surface area contributed by atoms with Crippen LogP contribution in [0.1, 0.15) is 52.7 Å². The summed E-state index contributed by atoms with van der Waals surface area (Å²) in [6.07, 6.45) is 6.71. The molecule has 4 N–H and O–H groups in total. The van der Waals surface area contributed by atoms with Crippen LogP contribution in [0.5, 0.6) is 0 Å². The Balaban J connectivity index is 1.59. The van der Waals surface area contributed by atoms with E-state index in [-0.39, 0.29) is 18.7 Å². The maximum absolute atomic E-state index is 14.9. The molecule has 176 valence electrons. The molecule has 2 amide bonds. The molecule has 0 spiro atoms. The second kappa shape index (κ2) is 9.85. The molecule has 0 saturated heterocycles. The number of allylic oxidation sites excluding steroid dienone is 1. The number of nitrogens with zero attached hydrogens (tertiary/aromatic N) is 1. The highest BCUT2D eigenvalue weighted by molar-refractivity contribution is 7.27. The van der Waals surface area contributed by atoms with Crippen LogP contribution in [0.15, 0.2) is 47.6 Å². The highest BCUT2D eigenvalue weighted by Gasteiger charge is 2.46. The Morgan fingerprint density at radius 3 is 2.59 bits per heavy atom. The number of amides is 2. The molecule has 0 bridgehead atoms. The minimum Gasteiger partial charge on any atom is -0.404 e. The number of nitrogens with one attached hydrogen (secondary N) is 2. The highest BCUT2D eigenvalue weighted by atomic mass is 31.0. The summed E-state index contributed by atoms with van der Waals surface area (Å²) in [5.41, 5.74) is 7.98. The van der Waals surface area contributed by atoms with Gasteiger partial charge in [-0.05, 0) is 60.6 Å². The quantitative estimate of drug-likeness (QED) is 0.221. The van der Waals surface area contributed by atoms with Crippen LogP contribution in [0.2, 0.25) is 0 Å². The van der Waals surface area contributed by atoms with Crippen LogP contribution in [0.4, 0.5) is 4.39 Å². The molecule has 2 aromatic rings. The first-order valence-corrected chi connectivity index (χ1v) is 11.6. The topological polar surface area (TPSA) is 114 Å². The van der Waals surface area contributed by atoms with Crippen LogP contribution in [0, 0.1) is 5.82 Å². The van der Waals surface area contributed by atoms with Gasteiger partial charge in [0.2, 0.25) is 6.29 Å². The van der Waals surface area contributed by atoms with E-state index in [1.54, 1.807) is 30.5 Å². The molecule has 1 atom stereocenters. The zero-order chi connectivity index (χ0) is 24.3. The summed E-state index contributed by atoms with van der Waals surface area (Å²) in [6, 6.07) is 10.4. The molecular weight excluding hydrogens is 454 g/mol. The number of carbonyl (C=O) groups excluding carboxylic acids is 3. The largest absolute Gasteiger partial charge is 0.404 e. The molecule has 0 aromatic heterocycles. The van der Waals surface area contributed by atoms with Crippen molar-refractivity contribution in [1.82, 2.24) is 10.6 Å². The van der Waals surface area contributed by atoms with Crippen LogP contribution in [0.25, 0.3) is 5.57 Å². The lowest BCUT2D eigenvalue weighted by Crippen LogP contribution is -2.36. The van der Waals surface area contributed by atoms with Gasteiger partial charge in [-0.25, -0.2) is 4.39 Å². The van der Waals surface area contributed by atoms with E-state index < -0.39 is 17.3 Å². The van der Waals surface area contributed by atoms with Crippen LogP contribution in [0.3, 0.4) is 0 Å². The fraction of sp³-hybridized carbons (Fsp3) is 0.280. The summed E-state index contributed by atoms with van der Waals surface area (Å²) in [5.74, 6) is -1.51. The minimum absolute atomic E-state index is 0.0414. The number of aldehydes is 1. The van der Waals surface area contributed by atoms with Gasteiger partial charge in [0, 0.05) is 35.4 Å². The lowest BCUT2D eigenvalue weighted by Gasteiger charge is -2.21. The molecule has 2 aromatic carbocycles. The van der Waals surface area contributed by atoms with Crippen molar-refractivity contribution in [3.05, 3.63) is 70.7 Å². The van der Waals surface area contributed by atoms with Crippen molar-refractivity contribution < 1.29 is 18.8 Å². The van der Waals surface area contributed by atoms with E-state index in [0.29, 0.717) is 52.0 Å². The predicted octanol–water partition coefficient (Wildman–Crippen LogP) is 2.09. The molecule has 0 aliphatic heterocycles. The molecule has 7 nitrogen and oxygen atoms in total. The third-order valence-electron chi connectivity index (χ3n) is 6.07. The van der Waals surface area contributed by atoms with Crippen LogP contribution >= 0.6 is 9.24 Å². The summed E-state index contributed by atoms with van der Waals surface area (Å²) >= 11 is 0. The molecule has 1 unspecified atom stereocenters. The Hall–Kier alpha value is -3.38. The molecule has 2 fully saturated rings. The Bertz CT molecular complexity index is 1200. The molecular formula is C25H26FN4O3P. The number of hydrogen-bond donors (Lipinski definition) is 3. The fourth-order valence-corrected chi connectivity index (χ4v) is 4.09. The second-order valence-electron chi connectivity index (χ2n) is 8.58. The normalized spacial score (nSPS) is 16.8. The highest BCUT2D eigenvalue weighted by Crippen LogP contribution is 2.46. The Morgan fingerprint density at radius 2 is 1.94 bits per heavy atom. The lowest BCUT2D eigenvalue weighted by molar-refractivity contribution is -0.131. The van der Waals surface area contributed by atoms with E-state index in [9.17, 15) is 18.8 Å². The van der Waals surface area contributed by atoms with Crippen LogP contribution < -0.4 is 21.7 Å². The van der Waals surface area contributed by atoms with E-state index in [0.717, 1.165) is 12.8 Å². The van der Waals surface area contributed by atoms with Gasteiger partial charge in [0.25, 0.3) is 11.8 Å². The Kier molecular flexibility index (Phi) is 6.89. The van der Waals surface area contributed by atoms with Gasteiger partial charge in [-0.1, -0.05) is 18.2 Å². The lowest BCUT2D eigenvalue weighted by atomic mass is 9.97. The van der Waals surface area contributed by atoms with Crippen molar-refractivity contribution in [3.63, 3.8) is 0 Å². The molecule has 0 heterocycles. The summed E-state index contributed by atoms with van der Waals surface area (Å²) in [5, 5.41) is 5.89. The number of aliphatic imine (C=N–C) groups is 1. The van der Waals surface area contributed by atoms with Gasteiger partial charge in [0.05, 0.1) is 11.6 Å². The van der Waals surface area contributed by atoms with Gasteiger partial charge in [0.1, 0.15) is 5.82 Å². The zero-order valence-electron chi connectivity index (χ0n) is 18.5. The van der Waals surface area contributed by atoms with E-state index in [4.69, 9.17) is 5.73 Å². The summed E-state index contributed by atoms with van der Waals surface area (Å²) in [6.45, 7) is 0.0414. The van der Waals surface area contributed by atoms with Gasteiger partial charge >= 0.3 is 0 Å². The number of benzene rings is 2. The average molecular weight is 480 g/mol. The monoisotopic (exact) mass is 480 g/mol. The number of carbonyl (C=O) groups is 3. The van der Waals surface area contributed by atoms with Gasteiger partial charge in [-0.15, -0.1) is 9.24 Å². The van der Waals surface area contributed by atoms with Gasteiger partial charge in [-0.3, -0.25) is 19.4 Å². The molecule has 9 heteroatoms. The van der Waals surface area contributed by atoms with Gasteiger partial charge in [0.15, 0.2) is 0 Å². The maximum Gasteiger partial charge on any atom is 0.284 e. The standard InChI is InChI=1S/C25H26FN4O3P/c26-21-10-17(9-20(23(21)34)16(11-27)13-28-18-5-6-18)25(7-8-25)30-24(33)19-4-2-1-3-15(19)12-29-22(32)14-31/h1-4,9-11,13-14,18H,5-8,12,27,34H2,(H,29,32)(H,30,33)/b16-11+,28-13?. The van der Waals surface area contributed by atoms with Crippen molar-refractivity contribution in [2.45, 2.75) is 43.8 Å².